The largest absolute Gasteiger partial charge is 0.377 e. The number of rotatable bonds is 2. The van der Waals surface area contributed by atoms with Crippen molar-refractivity contribution in [3.63, 3.8) is 0 Å². The van der Waals surface area contributed by atoms with Crippen molar-refractivity contribution in [1.82, 2.24) is 4.90 Å². The van der Waals surface area contributed by atoms with Crippen molar-refractivity contribution in [2.45, 2.75) is 57.4 Å². The predicted molar refractivity (Wildman–Crippen MR) is 79.8 cm³/mol. The Morgan fingerprint density at radius 3 is 2.90 bits per heavy atom. The van der Waals surface area contributed by atoms with Gasteiger partial charge in [-0.2, -0.15) is 0 Å². The summed E-state index contributed by atoms with van der Waals surface area (Å²) in [6.07, 6.45) is 10.1. The van der Waals surface area contributed by atoms with Crippen LogP contribution in [0.2, 0.25) is 0 Å². The number of nitrogens with zero attached hydrogens (tertiary/aromatic N) is 1. The summed E-state index contributed by atoms with van der Waals surface area (Å²) in [4.78, 5) is 26.9. The van der Waals surface area contributed by atoms with Gasteiger partial charge in [0, 0.05) is 24.5 Å². The van der Waals surface area contributed by atoms with Gasteiger partial charge in [-0.05, 0) is 38.5 Å². The van der Waals surface area contributed by atoms with Crippen LogP contribution in [0.15, 0.2) is 11.6 Å². The van der Waals surface area contributed by atoms with Crippen LogP contribution in [0.3, 0.4) is 0 Å². The fourth-order valence-corrected chi connectivity index (χ4v) is 3.85. The molecule has 3 rings (SSSR count). The second-order valence-electron chi connectivity index (χ2n) is 6.43. The van der Waals surface area contributed by atoms with Crippen molar-refractivity contribution in [2.75, 3.05) is 19.8 Å². The van der Waals surface area contributed by atoms with Crippen molar-refractivity contribution in [2.24, 2.45) is 5.92 Å². The van der Waals surface area contributed by atoms with Gasteiger partial charge in [-0.3, -0.25) is 9.59 Å². The zero-order valence-corrected chi connectivity index (χ0v) is 12.7. The lowest BCUT2D eigenvalue weighted by atomic mass is 9.94. The SMILES string of the molecule is O=C1CCCC1C1COCCN1C(=O)C1=CCCCCC1. The average Bonchev–Trinajstić information content (AvgIpc) is 2.77. The minimum absolute atomic E-state index is 0.000582. The highest BCUT2D eigenvalue weighted by Gasteiger charge is 2.39. The van der Waals surface area contributed by atoms with Crippen molar-refractivity contribution in [1.29, 1.82) is 0 Å². The van der Waals surface area contributed by atoms with E-state index >= 15 is 0 Å². The van der Waals surface area contributed by atoms with Crippen LogP contribution >= 0.6 is 0 Å². The summed E-state index contributed by atoms with van der Waals surface area (Å²) >= 11 is 0. The molecule has 1 aliphatic heterocycles. The highest BCUT2D eigenvalue weighted by molar-refractivity contribution is 5.94. The van der Waals surface area contributed by atoms with E-state index in [0.717, 1.165) is 37.7 Å². The number of hydrogen-bond donors (Lipinski definition) is 0. The van der Waals surface area contributed by atoms with Crippen LogP contribution in [0.1, 0.15) is 51.4 Å². The van der Waals surface area contributed by atoms with Crippen LogP contribution in [0.4, 0.5) is 0 Å². The quantitative estimate of drug-likeness (QED) is 0.785. The number of Topliss-reactive ketones (excluding diaryl/α,β-unsaturated/α-hetero) is 1. The van der Waals surface area contributed by atoms with E-state index in [1.54, 1.807) is 0 Å². The summed E-state index contributed by atoms with van der Waals surface area (Å²) in [5.74, 6) is 0.476. The number of allylic oxidation sites excluding steroid dienone is 1. The number of hydrogen-bond acceptors (Lipinski definition) is 3. The molecule has 0 aromatic rings. The van der Waals surface area contributed by atoms with Gasteiger partial charge in [-0.15, -0.1) is 0 Å². The number of amides is 1. The second kappa shape index (κ2) is 6.73. The van der Waals surface area contributed by atoms with E-state index in [9.17, 15) is 9.59 Å². The Hall–Kier alpha value is -1.16. The van der Waals surface area contributed by atoms with Gasteiger partial charge in [0.2, 0.25) is 5.91 Å². The number of morpholine rings is 1. The Kier molecular flexibility index (Phi) is 4.73. The fourth-order valence-electron chi connectivity index (χ4n) is 3.85. The van der Waals surface area contributed by atoms with E-state index in [4.69, 9.17) is 4.74 Å². The van der Waals surface area contributed by atoms with Crippen LogP contribution in [-0.4, -0.2) is 42.4 Å². The first-order chi connectivity index (χ1) is 10.3. The molecule has 1 amide bonds. The molecule has 0 radical (unpaired) electrons. The molecule has 0 N–H and O–H groups in total. The molecule has 2 unspecified atom stereocenters. The van der Waals surface area contributed by atoms with E-state index in [1.165, 1.54) is 12.8 Å². The van der Waals surface area contributed by atoms with E-state index in [-0.39, 0.29) is 17.9 Å². The molecule has 0 aromatic carbocycles. The Morgan fingerprint density at radius 1 is 1.19 bits per heavy atom. The van der Waals surface area contributed by atoms with Crippen LogP contribution in [0.25, 0.3) is 0 Å². The maximum absolute atomic E-state index is 12.9. The molecule has 4 heteroatoms. The monoisotopic (exact) mass is 291 g/mol. The number of ketones is 1. The Labute approximate surface area is 126 Å². The zero-order valence-electron chi connectivity index (χ0n) is 12.7. The maximum Gasteiger partial charge on any atom is 0.249 e. The van der Waals surface area contributed by atoms with Crippen molar-refractivity contribution in [3.8, 4) is 0 Å². The maximum atomic E-state index is 12.9. The third-order valence-electron chi connectivity index (χ3n) is 5.06. The molecule has 21 heavy (non-hydrogen) atoms. The highest BCUT2D eigenvalue weighted by Crippen LogP contribution is 2.30. The number of carbonyl (C=O) groups excluding carboxylic acids is 2. The lowest BCUT2D eigenvalue weighted by Gasteiger charge is -2.39. The topological polar surface area (TPSA) is 46.6 Å². The van der Waals surface area contributed by atoms with E-state index in [1.807, 2.05) is 4.90 Å². The third kappa shape index (κ3) is 3.20. The van der Waals surface area contributed by atoms with Crippen molar-refractivity contribution < 1.29 is 14.3 Å². The second-order valence-corrected chi connectivity index (χ2v) is 6.43. The highest BCUT2D eigenvalue weighted by atomic mass is 16.5. The van der Waals surface area contributed by atoms with E-state index in [0.29, 0.717) is 32.0 Å². The molecule has 116 valence electrons. The van der Waals surface area contributed by atoms with Gasteiger partial charge in [-0.25, -0.2) is 0 Å². The molecular formula is C17H25NO3. The van der Waals surface area contributed by atoms with Gasteiger partial charge in [0.15, 0.2) is 0 Å². The predicted octanol–water partition coefficient (Wildman–Crippen LogP) is 2.47. The van der Waals surface area contributed by atoms with Gasteiger partial charge in [0.25, 0.3) is 0 Å². The Morgan fingerprint density at radius 2 is 2.10 bits per heavy atom. The van der Waals surface area contributed by atoms with Gasteiger partial charge < -0.3 is 9.64 Å². The van der Waals surface area contributed by atoms with Gasteiger partial charge in [0.1, 0.15) is 5.78 Å². The molecule has 0 aromatic heterocycles. The number of carbonyl (C=O) groups is 2. The van der Waals surface area contributed by atoms with Gasteiger partial charge >= 0.3 is 0 Å². The van der Waals surface area contributed by atoms with Crippen LogP contribution in [0.5, 0.6) is 0 Å². The molecule has 1 saturated carbocycles. The molecule has 2 fully saturated rings. The number of ether oxygens (including phenoxy) is 1. The average molecular weight is 291 g/mol. The van der Waals surface area contributed by atoms with E-state index < -0.39 is 0 Å². The van der Waals surface area contributed by atoms with Gasteiger partial charge in [-0.1, -0.05) is 12.5 Å². The molecule has 4 nitrogen and oxygen atoms in total. The third-order valence-corrected chi connectivity index (χ3v) is 5.06. The Bertz CT molecular complexity index is 443. The minimum Gasteiger partial charge on any atom is -0.377 e. The van der Waals surface area contributed by atoms with Crippen LogP contribution in [0, 0.1) is 5.92 Å². The lowest BCUT2D eigenvalue weighted by molar-refractivity contribution is -0.140. The molecule has 3 aliphatic rings. The summed E-state index contributed by atoms with van der Waals surface area (Å²) in [7, 11) is 0. The van der Waals surface area contributed by atoms with Crippen molar-refractivity contribution in [3.05, 3.63) is 11.6 Å². The fraction of sp³-hybridized carbons (Fsp3) is 0.765. The summed E-state index contributed by atoms with van der Waals surface area (Å²) in [5, 5.41) is 0. The molecule has 2 atom stereocenters. The summed E-state index contributed by atoms with van der Waals surface area (Å²) in [6, 6.07) is -0.0367. The lowest BCUT2D eigenvalue weighted by Crippen LogP contribution is -2.53. The molecule has 1 saturated heterocycles. The van der Waals surface area contributed by atoms with Gasteiger partial charge in [0.05, 0.1) is 19.3 Å². The molecule has 0 spiro atoms. The standard InChI is InChI=1S/C17H25NO3/c19-16-9-5-8-14(16)15-12-21-11-10-18(15)17(20)13-6-3-1-2-4-7-13/h6,14-15H,1-5,7-12H2. The summed E-state index contributed by atoms with van der Waals surface area (Å²) in [6.45, 7) is 1.75. The smallest absolute Gasteiger partial charge is 0.249 e. The molecule has 1 heterocycles. The first kappa shape index (κ1) is 14.8. The normalized spacial score (nSPS) is 31.0. The Balaban J connectivity index is 1.75. The zero-order chi connectivity index (χ0) is 14.7. The van der Waals surface area contributed by atoms with Crippen LogP contribution < -0.4 is 0 Å². The summed E-state index contributed by atoms with van der Waals surface area (Å²) < 4.78 is 5.57. The summed E-state index contributed by atoms with van der Waals surface area (Å²) in [5.41, 5.74) is 0.963. The van der Waals surface area contributed by atoms with Crippen molar-refractivity contribution >= 4 is 11.7 Å². The molecular weight excluding hydrogens is 266 g/mol. The van der Waals surface area contributed by atoms with E-state index in [2.05, 4.69) is 6.08 Å². The first-order valence-corrected chi connectivity index (χ1v) is 8.38. The van der Waals surface area contributed by atoms with Crippen LogP contribution in [-0.2, 0) is 14.3 Å². The molecule has 0 bridgehead atoms. The minimum atomic E-state index is -0.0367. The first-order valence-electron chi connectivity index (χ1n) is 8.38. The molecule has 2 aliphatic carbocycles.